The van der Waals surface area contributed by atoms with Gasteiger partial charge in [0, 0.05) is 26.2 Å². The molecule has 0 spiro atoms. The Hall–Kier alpha value is -2.38. The molecule has 0 aromatic heterocycles. The van der Waals surface area contributed by atoms with Crippen LogP contribution in [-0.2, 0) is 10.0 Å². The number of nitrogens with zero attached hydrogens (tertiary/aromatic N) is 2. The fraction of sp³-hybridized carbons (Fsp3) is 0.316. The molecule has 138 valence electrons. The second kappa shape index (κ2) is 7.88. The molecule has 0 aliphatic carbocycles. The van der Waals surface area contributed by atoms with Gasteiger partial charge in [0.25, 0.3) is 0 Å². The molecule has 6 nitrogen and oxygen atoms in total. The van der Waals surface area contributed by atoms with Gasteiger partial charge in [-0.2, -0.15) is 4.31 Å². The van der Waals surface area contributed by atoms with Gasteiger partial charge in [-0.1, -0.05) is 36.4 Å². The minimum absolute atomic E-state index is 0.251. The highest BCUT2D eigenvalue weighted by molar-refractivity contribution is 7.89. The Morgan fingerprint density at radius 3 is 2.35 bits per heavy atom. The van der Waals surface area contributed by atoms with Crippen molar-refractivity contribution < 1.29 is 17.9 Å². The molecule has 0 atom stereocenters. The van der Waals surface area contributed by atoms with E-state index in [4.69, 9.17) is 4.74 Å². The summed E-state index contributed by atoms with van der Waals surface area (Å²) in [6, 6.07) is 15.8. The summed E-state index contributed by atoms with van der Waals surface area (Å²) in [4.78, 5) is 14.2. The monoisotopic (exact) mass is 374 g/mol. The lowest BCUT2D eigenvalue weighted by Crippen LogP contribution is -2.38. The highest BCUT2D eigenvalue weighted by Crippen LogP contribution is 2.21. The predicted octanol–water partition coefficient (Wildman–Crippen LogP) is 2.89. The lowest BCUT2D eigenvalue weighted by molar-refractivity contribution is 0.154. The number of aryl methyl sites for hydroxylation is 1. The van der Waals surface area contributed by atoms with Gasteiger partial charge >= 0.3 is 6.09 Å². The first-order valence-corrected chi connectivity index (χ1v) is 10.00. The van der Waals surface area contributed by atoms with E-state index >= 15 is 0 Å². The topological polar surface area (TPSA) is 66.9 Å². The number of hydrogen-bond donors (Lipinski definition) is 0. The highest BCUT2D eigenvalue weighted by Gasteiger charge is 2.29. The largest absolute Gasteiger partial charge is 0.415 e. The van der Waals surface area contributed by atoms with Gasteiger partial charge in [0.2, 0.25) is 10.0 Å². The fourth-order valence-corrected chi connectivity index (χ4v) is 4.65. The minimum atomic E-state index is -3.57. The molecular weight excluding hydrogens is 352 g/mol. The van der Waals surface area contributed by atoms with E-state index in [0.29, 0.717) is 36.7 Å². The summed E-state index contributed by atoms with van der Waals surface area (Å²) in [6.45, 7) is 3.18. The van der Waals surface area contributed by atoms with E-state index in [0.717, 1.165) is 5.56 Å². The van der Waals surface area contributed by atoms with Gasteiger partial charge in [0.05, 0.1) is 4.90 Å². The van der Waals surface area contributed by atoms with E-state index in [-0.39, 0.29) is 6.54 Å². The molecule has 1 heterocycles. The first-order chi connectivity index (χ1) is 12.5. The van der Waals surface area contributed by atoms with Gasteiger partial charge < -0.3 is 9.64 Å². The Balaban J connectivity index is 1.68. The Kier molecular flexibility index (Phi) is 5.58. The number of benzene rings is 2. The molecule has 0 unspecified atom stereocenters. The summed E-state index contributed by atoms with van der Waals surface area (Å²) in [5, 5.41) is 0. The second-order valence-corrected chi connectivity index (χ2v) is 8.10. The average molecular weight is 374 g/mol. The SMILES string of the molecule is Cc1ccccc1S(=O)(=O)N1CCCN(C(=O)Oc2ccccc2)CC1. The van der Waals surface area contributed by atoms with E-state index < -0.39 is 16.1 Å². The van der Waals surface area contributed by atoms with Gasteiger partial charge in [-0.3, -0.25) is 0 Å². The van der Waals surface area contributed by atoms with Crippen molar-refractivity contribution in [2.75, 3.05) is 26.2 Å². The molecule has 2 aromatic carbocycles. The summed E-state index contributed by atoms with van der Waals surface area (Å²) >= 11 is 0. The molecule has 26 heavy (non-hydrogen) atoms. The molecule has 0 saturated carbocycles. The predicted molar refractivity (Wildman–Crippen MR) is 98.6 cm³/mol. The fourth-order valence-electron chi connectivity index (χ4n) is 2.96. The van der Waals surface area contributed by atoms with Crippen molar-refractivity contribution >= 4 is 16.1 Å². The van der Waals surface area contributed by atoms with Crippen LogP contribution in [0, 0.1) is 6.92 Å². The van der Waals surface area contributed by atoms with Crippen LogP contribution < -0.4 is 4.74 Å². The Morgan fingerprint density at radius 2 is 1.62 bits per heavy atom. The molecule has 7 heteroatoms. The zero-order valence-electron chi connectivity index (χ0n) is 14.7. The van der Waals surface area contributed by atoms with Crippen LogP contribution in [0.3, 0.4) is 0 Å². The van der Waals surface area contributed by atoms with Gasteiger partial charge in [-0.25, -0.2) is 13.2 Å². The average Bonchev–Trinajstić information content (AvgIpc) is 2.89. The summed E-state index contributed by atoms with van der Waals surface area (Å²) in [5.41, 5.74) is 0.720. The lowest BCUT2D eigenvalue weighted by Gasteiger charge is -2.22. The van der Waals surface area contributed by atoms with E-state index in [1.165, 1.54) is 4.31 Å². The van der Waals surface area contributed by atoms with Crippen molar-refractivity contribution in [3.63, 3.8) is 0 Å². The second-order valence-electron chi connectivity index (χ2n) is 6.19. The number of amides is 1. The Morgan fingerprint density at radius 1 is 0.923 bits per heavy atom. The van der Waals surface area contributed by atoms with E-state index in [9.17, 15) is 13.2 Å². The summed E-state index contributed by atoms with van der Waals surface area (Å²) in [5.74, 6) is 0.478. The molecule has 1 aliphatic heterocycles. The van der Waals surface area contributed by atoms with Crippen LogP contribution in [0.1, 0.15) is 12.0 Å². The summed E-state index contributed by atoms with van der Waals surface area (Å²) in [6.07, 6.45) is 0.112. The smallest absolute Gasteiger partial charge is 0.410 e. The summed E-state index contributed by atoms with van der Waals surface area (Å²) < 4.78 is 32.6. The van der Waals surface area contributed by atoms with Crippen LogP contribution in [0.15, 0.2) is 59.5 Å². The van der Waals surface area contributed by atoms with Crippen LogP contribution in [0.5, 0.6) is 5.75 Å². The molecule has 0 radical (unpaired) electrons. The first-order valence-electron chi connectivity index (χ1n) is 8.56. The van der Waals surface area contributed by atoms with E-state index in [1.54, 1.807) is 54.3 Å². The number of ether oxygens (including phenoxy) is 1. The van der Waals surface area contributed by atoms with Crippen LogP contribution in [-0.4, -0.2) is 49.9 Å². The van der Waals surface area contributed by atoms with Crippen LogP contribution in [0.4, 0.5) is 4.79 Å². The number of sulfonamides is 1. The third-order valence-corrected chi connectivity index (χ3v) is 6.43. The molecule has 1 fully saturated rings. The number of para-hydroxylation sites is 1. The molecule has 1 saturated heterocycles. The standard InChI is InChI=1S/C19H22N2O4S/c1-16-8-5-6-11-18(16)26(23,24)21-13-7-12-20(14-15-21)19(22)25-17-9-3-2-4-10-17/h2-6,8-11H,7,12-15H2,1H3. The Labute approximate surface area is 154 Å². The minimum Gasteiger partial charge on any atom is -0.410 e. The zero-order chi connectivity index (χ0) is 18.6. The van der Waals surface area contributed by atoms with Crippen molar-refractivity contribution in [3.05, 3.63) is 60.2 Å². The lowest BCUT2D eigenvalue weighted by atomic mass is 10.2. The molecule has 3 rings (SSSR count). The molecule has 1 amide bonds. The van der Waals surface area contributed by atoms with Crippen molar-refractivity contribution in [1.82, 2.24) is 9.21 Å². The normalized spacial score (nSPS) is 16.1. The quantitative estimate of drug-likeness (QED) is 0.829. The first kappa shape index (κ1) is 18.4. The number of rotatable bonds is 3. The van der Waals surface area contributed by atoms with Crippen LogP contribution in [0.25, 0.3) is 0 Å². The maximum atomic E-state index is 12.9. The van der Waals surface area contributed by atoms with Crippen molar-refractivity contribution in [2.24, 2.45) is 0 Å². The molecule has 0 bridgehead atoms. The summed E-state index contributed by atoms with van der Waals surface area (Å²) in [7, 11) is -3.57. The molecule has 1 aliphatic rings. The highest BCUT2D eigenvalue weighted by atomic mass is 32.2. The van der Waals surface area contributed by atoms with Crippen LogP contribution in [0.2, 0.25) is 0 Å². The third-order valence-electron chi connectivity index (χ3n) is 4.37. The van der Waals surface area contributed by atoms with Crippen LogP contribution >= 0.6 is 0 Å². The zero-order valence-corrected chi connectivity index (χ0v) is 15.5. The number of hydrogen-bond acceptors (Lipinski definition) is 4. The molecule has 0 N–H and O–H groups in total. The van der Waals surface area contributed by atoms with Gasteiger partial charge in [-0.15, -0.1) is 0 Å². The number of carbonyl (C=O) groups is 1. The maximum absolute atomic E-state index is 12.9. The van der Waals surface area contributed by atoms with Crippen molar-refractivity contribution in [3.8, 4) is 5.75 Å². The van der Waals surface area contributed by atoms with Crippen molar-refractivity contribution in [2.45, 2.75) is 18.2 Å². The maximum Gasteiger partial charge on any atom is 0.415 e. The van der Waals surface area contributed by atoms with Gasteiger partial charge in [0.1, 0.15) is 5.75 Å². The van der Waals surface area contributed by atoms with Gasteiger partial charge in [0.15, 0.2) is 0 Å². The molecular formula is C19H22N2O4S. The number of carbonyl (C=O) groups excluding carboxylic acids is 1. The van der Waals surface area contributed by atoms with Crippen molar-refractivity contribution in [1.29, 1.82) is 0 Å². The van der Waals surface area contributed by atoms with Gasteiger partial charge in [-0.05, 0) is 37.1 Å². The van der Waals surface area contributed by atoms with E-state index in [2.05, 4.69) is 0 Å². The molecule has 2 aromatic rings. The van der Waals surface area contributed by atoms with E-state index in [1.807, 2.05) is 12.1 Å². The Bertz CT molecular complexity index is 868. The third kappa shape index (κ3) is 4.05.